The monoisotopic (exact) mass is 156 g/mol. The van der Waals surface area contributed by atoms with Crippen molar-refractivity contribution in [2.75, 3.05) is 6.61 Å². The molecule has 0 aromatic rings. The van der Waals surface area contributed by atoms with E-state index < -0.39 is 12.8 Å². The summed E-state index contributed by atoms with van der Waals surface area (Å²) in [7, 11) is 0. The van der Waals surface area contributed by atoms with Gasteiger partial charge in [-0.15, -0.1) is 0 Å². The zero-order valence-corrected chi connectivity index (χ0v) is 6.03. The van der Waals surface area contributed by atoms with Crippen LogP contribution in [0.3, 0.4) is 0 Å². The van der Waals surface area contributed by atoms with E-state index in [-0.39, 0.29) is 6.10 Å². The molecule has 1 atom stereocenters. The summed E-state index contributed by atoms with van der Waals surface area (Å²) in [5.41, 5.74) is 0. The molecule has 62 valence electrons. The zero-order valence-electron chi connectivity index (χ0n) is 6.03. The van der Waals surface area contributed by atoms with Gasteiger partial charge in [0, 0.05) is 0 Å². The lowest BCUT2D eigenvalue weighted by Gasteiger charge is -2.11. The molecule has 0 spiro atoms. The molecule has 1 nitrogen and oxygen atoms in total. The Hall–Kier alpha value is -0.250. The molecule has 0 rings (SSSR count). The molecule has 0 aliphatic heterocycles. The second-order valence-corrected chi connectivity index (χ2v) is 2.15. The summed E-state index contributed by atoms with van der Waals surface area (Å²) in [5.74, 6) is 0. The van der Waals surface area contributed by atoms with Gasteiger partial charge < -0.3 is 4.74 Å². The van der Waals surface area contributed by atoms with Gasteiger partial charge in [0.2, 0.25) is 0 Å². The fraction of sp³-hybridized carbons (Fsp3) is 1.00. The van der Waals surface area contributed by atoms with E-state index in [0.29, 0.717) is 6.42 Å². The third kappa shape index (κ3) is 5.88. The summed E-state index contributed by atoms with van der Waals surface area (Å²) < 4.78 is 38.7. The largest absolute Gasteiger partial charge is 0.411 e. The van der Waals surface area contributed by atoms with Crippen LogP contribution in [0.2, 0.25) is 0 Å². The van der Waals surface area contributed by atoms with Crippen LogP contribution in [0.1, 0.15) is 20.3 Å². The molecule has 0 saturated heterocycles. The van der Waals surface area contributed by atoms with Crippen LogP contribution in [0.5, 0.6) is 0 Å². The number of halogens is 3. The number of ether oxygens (including phenoxy) is 1. The van der Waals surface area contributed by atoms with E-state index in [1.165, 1.54) is 0 Å². The van der Waals surface area contributed by atoms with E-state index >= 15 is 0 Å². The van der Waals surface area contributed by atoms with E-state index in [0.717, 1.165) is 0 Å². The molecule has 0 bridgehead atoms. The molecule has 0 heterocycles. The lowest BCUT2D eigenvalue weighted by atomic mass is 10.3. The van der Waals surface area contributed by atoms with E-state index in [4.69, 9.17) is 0 Å². The van der Waals surface area contributed by atoms with E-state index in [1.54, 1.807) is 13.8 Å². The molecular weight excluding hydrogens is 145 g/mol. The number of alkyl halides is 3. The molecule has 0 aliphatic rings. The molecule has 0 unspecified atom stereocenters. The summed E-state index contributed by atoms with van der Waals surface area (Å²) in [6, 6.07) is 0. The van der Waals surface area contributed by atoms with E-state index in [9.17, 15) is 13.2 Å². The van der Waals surface area contributed by atoms with Gasteiger partial charge in [-0.05, 0) is 13.3 Å². The molecule has 4 heteroatoms. The molecule has 10 heavy (non-hydrogen) atoms. The van der Waals surface area contributed by atoms with Crippen molar-refractivity contribution in [3.8, 4) is 0 Å². The predicted molar refractivity (Wildman–Crippen MR) is 31.8 cm³/mol. The maximum Gasteiger partial charge on any atom is 0.411 e. The highest BCUT2D eigenvalue weighted by molar-refractivity contribution is 4.50. The molecule has 0 aromatic heterocycles. The van der Waals surface area contributed by atoms with Crippen LogP contribution in [-0.2, 0) is 4.74 Å². The Morgan fingerprint density at radius 1 is 1.40 bits per heavy atom. The molecular formula is C6H11F3O. The second-order valence-electron chi connectivity index (χ2n) is 2.15. The van der Waals surface area contributed by atoms with E-state index in [1.807, 2.05) is 0 Å². The van der Waals surface area contributed by atoms with Gasteiger partial charge in [0.1, 0.15) is 6.61 Å². The van der Waals surface area contributed by atoms with Crippen LogP contribution in [0.15, 0.2) is 0 Å². The molecule has 0 radical (unpaired) electrons. The maximum absolute atomic E-state index is 11.4. The van der Waals surface area contributed by atoms with Gasteiger partial charge in [-0.25, -0.2) is 0 Å². The highest BCUT2D eigenvalue weighted by atomic mass is 19.4. The molecule has 0 amide bonds. The Kier molecular flexibility index (Phi) is 3.71. The summed E-state index contributed by atoms with van der Waals surface area (Å²) >= 11 is 0. The quantitative estimate of drug-likeness (QED) is 0.609. The third-order valence-corrected chi connectivity index (χ3v) is 1.11. The topological polar surface area (TPSA) is 9.23 Å². The maximum atomic E-state index is 11.4. The predicted octanol–water partition coefficient (Wildman–Crippen LogP) is 2.36. The van der Waals surface area contributed by atoms with Crippen LogP contribution in [-0.4, -0.2) is 18.9 Å². The van der Waals surface area contributed by atoms with Crippen LogP contribution < -0.4 is 0 Å². The van der Waals surface area contributed by atoms with Crippen LogP contribution in [0.4, 0.5) is 13.2 Å². The average Bonchev–Trinajstić information content (AvgIpc) is 1.81. The SMILES string of the molecule is CC[C@@H](C)OCC(F)(F)F. The van der Waals surface area contributed by atoms with Gasteiger partial charge in [0.05, 0.1) is 6.10 Å². The van der Waals surface area contributed by atoms with Gasteiger partial charge in [-0.2, -0.15) is 13.2 Å². The van der Waals surface area contributed by atoms with Crippen LogP contribution >= 0.6 is 0 Å². The van der Waals surface area contributed by atoms with Gasteiger partial charge >= 0.3 is 6.18 Å². The van der Waals surface area contributed by atoms with Gasteiger partial charge in [-0.3, -0.25) is 0 Å². The number of hydrogen-bond acceptors (Lipinski definition) is 1. The summed E-state index contributed by atoms with van der Waals surface area (Å²) in [6.07, 6.45) is -3.89. The number of hydrogen-bond donors (Lipinski definition) is 0. The van der Waals surface area contributed by atoms with Gasteiger partial charge in [0.15, 0.2) is 0 Å². The highest BCUT2D eigenvalue weighted by Gasteiger charge is 2.28. The van der Waals surface area contributed by atoms with Crippen molar-refractivity contribution in [1.29, 1.82) is 0 Å². The normalized spacial score (nSPS) is 15.3. The van der Waals surface area contributed by atoms with Crippen LogP contribution in [0, 0.1) is 0 Å². The van der Waals surface area contributed by atoms with Crippen LogP contribution in [0.25, 0.3) is 0 Å². The Labute approximate surface area is 58.2 Å². The first-order valence-electron chi connectivity index (χ1n) is 3.14. The van der Waals surface area contributed by atoms with Crippen molar-refractivity contribution in [2.45, 2.75) is 32.5 Å². The zero-order chi connectivity index (χ0) is 8.20. The van der Waals surface area contributed by atoms with Crippen molar-refractivity contribution in [1.82, 2.24) is 0 Å². The minimum Gasteiger partial charge on any atom is -0.369 e. The first-order valence-corrected chi connectivity index (χ1v) is 3.14. The first kappa shape index (κ1) is 9.75. The molecule has 0 saturated carbocycles. The smallest absolute Gasteiger partial charge is 0.369 e. The lowest BCUT2D eigenvalue weighted by molar-refractivity contribution is -0.183. The Bertz CT molecular complexity index is 89.5. The fourth-order valence-electron chi connectivity index (χ4n) is 0.355. The average molecular weight is 156 g/mol. The molecule has 0 fully saturated rings. The van der Waals surface area contributed by atoms with Gasteiger partial charge in [-0.1, -0.05) is 6.92 Å². The first-order chi connectivity index (χ1) is 4.45. The fourth-order valence-corrected chi connectivity index (χ4v) is 0.355. The summed E-state index contributed by atoms with van der Waals surface area (Å²) in [6.45, 7) is 2.26. The molecule has 0 N–H and O–H groups in total. The minimum atomic E-state index is -4.19. The lowest BCUT2D eigenvalue weighted by Crippen LogP contribution is -2.21. The van der Waals surface area contributed by atoms with Crippen molar-refractivity contribution in [3.05, 3.63) is 0 Å². The Balaban J connectivity index is 3.36. The molecule has 0 aliphatic carbocycles. The van der Waals surface area contributed by atoms with Crippen molar-refractivity contribution in [2.24, 2.45) is 0 Å². The molecule has 0 aromatic carbocycles. The van der Waals surface area contributed by atoms with Gasteiger partial charge in [0.25, 0.3) is 0 Å². The van der Waals surface area contributed by atoms with Crippen molar-refractivity contribution >= 4 is 0 Å². The minimum absolute atomic E-state index is 0.304. The second kappa shape index (κ2) is 3.81. The Morgan fingerprint density at radius 3 is 2.20 bits per heavy atom. The number of rotatable bonds is 3. The highest BCUT2D eigenvalue weighted by Crippen LogP contribution is 2.15. The Morgan fingerprint density at radius 2 is 1.90 bits per heavy atom. The summed E-state index contributed by atoms with van der Waals surface area (Å²) in [5, 5.41) is 0. The van der Waals surface area contributed by atoms with Crippen molar-refractivity contribution in [3.63, 3.8) is 0 Å². The van der Waals surface area contributed by atoms with Crippen molar-refractivity contribution < 1.29 is 17.9 Å². The van der Waals surface area contributed by atoms with E-state index in [2.05, 4.69) is 4.74 Å². The standard InChI is InChI=1S/C6H11F3O/c1-3-5(2)10-4-6(7,8)9/h5H,3-4H2,1-2H3/t5-/m1/s1. The third-order valence-electron chi connectivity index (χ3n) is 1.11. The summed E-state index contributed by atoms with van der Waals surface area (Å²) in [4.78, 5) is 0.